The molecule has 2 rings (SSSR count). The van der Waals surface area contributed by atoms with Gasteiger partial charge < -0.3 is 20.2 Å². The highest BCUT2D eigenvalue weighted by atomic mass is 16.3. The minimum Gasteiger partial charge on any atom is -0.393 e. The van der Waals surface area contributed by atoms with Gasteiger partial charge in [-0.25, -0.2) is 4.79 Å². The molecule has 2 unspecified atom stereocenters. The molecule has 2 amide bonds. The predicted octanol–water partition coefficient (Wildman–Crippen LogP) is 2.45. The second-order valence-electron chi connectivity index (χ2n) is 6.71. The molecule has 5 nitrogen and oxygen atoms in total. The molecule has 1 aromatic carbocycles. The Morgan fingerprint density at radius 1 is 1.17 bits per heavy atom. The first-order valence-corrected chi connectivity index (χ1v) is 8.40. The van der Waals surface area contributed by atoms with Crippen LogP contribution in [-0.2, 0) is 6.54 Å². The molecule has 1 fully saturated rings. The number of carbonyl (C=O) groups is 1. The van der Waals surface area contributed by atoms with Crippen molar-refractivity contribution >= 4 is 11.7 Å². The summed E-state index contributed by atoms with van der Waals surface area (Å²) in [5.74, 6) is 0.207. The third-order valence-corrected chi connectivity index (χ3v) is 4.62. The summed E-state index contributed by atoms with van der Waals surface area (Å²) in [5.41, 5.74) is 2.22. The number of hydrogen-bond donors (Lipinski definition) is 2. The first kappa shape index (κ1) is 17.6. The molecule has 1 aliphatic carbocycles. The predicted molar refractivity (Wildman–Crippen MR) is 93.6 cm³/mol. The molecule has 128 valence electrons. The summed E-state index contributed by atoms with van der Waals surface area (Å²) in [6.07, 6.45) is 3.84. The van der Waals surface area contributed by atoms with E-state index >= 15 is 0 Å². The monoisotopic (exact) mass is 319 g/mol. The van der Waals surface area contributed by atoms with Gasteiger partial charge in [0.25, 0.3) is 0 Å². The maximum absolute atomic E-state index is 12.2. The van der Waals surface area contributed by atoms with E-state index in [9.17, 15) is 9.90 Å². The first-order valence-electron chi connectivity index (χ1n) is 8.40. The van der Waals surface area contributed by atoms with Crippen LogP contribution in [0.3, 0.4) is 0 Å². The number of aliphatic hydroxyl groups excluding tert-OH is 1. The molecule has 1 saturated carbocycles. The van der Waals surface area contributed by atoms with Crippen molar-refractivity contribution in [1.82, 2.24) is 10.2 Å². The molecule has 1 aliphatic rings. The maximum atomic E-state index is 12.2. The smallest absolute Gasteiger partial charge is 0.317 e. The highest BCUT2D eigenvalue weighted by Gasteiger charge is 2.25. The van der Waals surface area contributed by atoms with Gasteiger partial charge in [-0.2, -0.15) is 0 Å². The Morgan fingerprint density at radius 2 is 1.83 bits per heavy atom. The Bertz CT molecular complexity index is 501. The number of benzene rings is 1. The third-order valence-electron chi connectivity index (χ3n) is 4.62. The molecule has 2 N–H and O–H groups in total. The average Bonchev–Trinajstić information content (AvgIpc) is 2.55. The number of amides is 2. The van der Waals surface area contributed by atoms with Crippen LogP contribution in [0.2, 0.25) is 0 Å². The van der Waals surface area contributed by atoms with E-state index in [1.54, 1.807) is 11.9 Å². The summed E-state index contributed by atoms with van der Waals surface area (Å²) in [6.45, 7) is 1.14. The van der Waals surface area contributed by atoms with E-state index < -0.39 is 0 Å². The molecule has 5 heteroatoms. The number of anilines is 1. The summed E-state index contributed by atoms with van der Waals surface area (Å²) in [4.78, 5) is 15.9. The van der Waals surface area contributed by atoms with Gasteiger partial charge in [-0.3, -0.25) is 0 Å². The zero-order valence-corrected chi connectivity index (χ0v) is 14.5. The van der Waals surface area contributed by atoms with E-state index in [-0.39, 0.29) is 18.1 Å². The molecular weight excluding hydrogens is 290 g/mol. The first-order chi connectivity index (χ1) is 11.0. The lowest BCUT2D eigenvalue weighted by Crippen LogP contribution is -2.42. The van der Waals surface area contributed by atoms with E-state index in [1.165, 1.54) is 0 Å². The molecule has 0 radical (unpaired) electrons. The van der Waals surface area contributed by atoms with Gasteiger partial charge in [0.2, 0.25) is 0 Å². The van der Waals surface area contributed by atoms with E-state index in [2.05, 4.69) is 5.32 Å². The number of rotatable bonds is 5. The van der Waals surface area contributed by atoms with Gasteiger partial charge in [-0.1, -0.05) is 25.0 Å². The van der Waals surface area contributed by atoms with Crippen molar-refractivity contribution in [2.45, 2.75) is 38.3 Å². The van der Waals surface area contributed by atoms with E-state index in [1.807, 2.05) is 43.3 Å². The lowest BCUT2D eigenvalue weighted by Gasteiger charge is -2.31. The minimum atomic E-state index is -0.266. The summed E-state index contributed by atoms with van der Waals surface area (Å²) >= 11 is 0. The van der Waals surface area contributed by atoms with Gasteiger partial charge >= 0.3 is 6.03 Å². The van der Waals surface area contributed by atoms with Gasteiger partial charge in [-0.05, 0) is 30.5 Å². The third kappa shape index (κ3) is 5.13. The molecule has 0 aliphatic heterocycles. The number of hydrogen-bond acceptors (Lipinski definition) is 3. The number of nitrogens with zero attached hydrogens (tertiary/aromatic N) is 2. The Hall–Kier alpha value is -1.75. The number of aliphatic hydroxyl groups is 1. The number of urea groups is 1. The molecule has 0 spiro atoms. The van der Waals surface area contributed by atoms with Crippen LogP contribution in [-0.4, -0.2) is 49.8 Å². The van der Waals surface area contributed by atoms with Crippen molar-refractivity contribution in [2.24, 2.45) is 5.92 Å². The molecule has 0 bridgehead atoms. The number of carbonyl (C=O) groups excluding carboxylic acids is 1. The standard InChI is InChI=1S/C18H29N3O2/c1-20(2)16-10-8-14(9-11-16)12-19-18(23)21(3)13-15-6-4-5-7-17(15)22/h8-11,15,17,22H,4-7,12-13H2,1-3H3,(H,19,23). The minimum absolute atomic E-state index is 0.0838. The Labute approximate surface area is 139 Å². The van der Waals surface area contributed by atoms with Crippen LogP contribution in [0, 0.1) is 5.92 Å². The zero-order chi connectivity index (χ0) is 16.8. The van der Waals surface area contributed by atoms with Crippen LogP contribution in [0.1, 0.15) is 31.2 Å². The van der Waals surface area contributed by atoms with E-state index in [0.717, 1.165) is 36.9 Å². The molecule has 23 heavy (non-hydrogen) atoms. The van der Waals surface area contributed by atoms with Crippen LogP contribution in [0.15, 0.2) is 24.3 Å². The zero-order valence-electron chi connectivity index (χ0n) is 14.5. The average molecular weight is 319 g/mol. The molecule has 0 saturated heterocycles. The van der Waals surface area contributed by atoms with Crippen LogP contribution >= 0.6 is 0 Å². The quantitative estimate of drug-likeness (QED) is 0.876. The fraction of sp³-hybridized carbons (Fsp3) is 0.611. The summed E-state index contributed by atoms with van der Waals surface area (Å²) in [5, 5.41) is 13.0. The second kappa shape index (κ2) is 8.20. The van der Waals surface area contributed by atoms with Crippen molar-refractivity contribution in [2.75, 3.05) is 32.6 Å². The van der Waals surface area contributed by atoms with Crippen LogP contribution in [0.4, 0.5) is 10.5 Å². The fourth-order valence-electron chi connectivity index (χ4n) is 3.06. The normalized spacial score (nSPS) is 20.9. The summed E-state index contributed by atoms with van der Waals surface area (Å²) in [7, 11) is 5.81. The maximum Gasteiger partial charge on any atom is 0.317 e. The number of nitrogens with one attached hydrogen (secondary N) is 1. The highest BCUT2D eigenvalue weighted by Crippen LogP contribution is 2.24. The molecule has 0 heterocycles. The topological polar surface area (TPSA) is 55.8 Å². The Morgan fingerprint density at radius 3 is 2.43 bits per heavy atom. The molecular formula is C18H29N3O2. The Kier molecular flexibility index (Phi) is 6.28. The van der Waals surface area contributed by atoms with Crippen molar-refractivity contribution in [3.63, 3.8) is 0 Å². The molecule has 0 aromatic heterocycles. The van der Waals surface area contributed by atoms with Gasteiger partial charge in [0.15, 0.2) is 0 Å². The molecule has 1 aromatic rings. The lowest BCUT2D eigenvalue weighted by molar-refractivity contribution is 0.0565. The largest absolute Gasteiger partial charge is 0.393 e. The summed E-state index contributed by atoms with van der Waals surface area (Å²) < 4.78 is 0. The summed E-state index contributed by atoms with van der Waals surface area (Å²) in [6, 6.07) is 8.06. The van der Waals surface area contributed by atoms with Crippen molar-refractivity contribution in [1.29, 1.82) is 0 Å². The van der Waals surface area contributed by atoms with E-state index in [4.69, 9.17) is 0 Å². The lowest BCUT2D eigenvalue weighted by atomic mass is 9.86. The SMILES string of the molecule is CN(CC1CCCCC1O)C(=O)NCc1ccc(N(C)C)cc1. The second-order valence-corrected chi connectivity index (χ2v) is 6.71. The Balaban J connectivity index is 1.79. The highest BCUT2D eigenvalue weighted by molar-refractivity contribution is 5.73. The van der Waals surface area contributed by atoms with Gasteiger partial charge in [0, 0.05) is 45.8 Å². The van der Waals surface area contributed by atoms with Gasteiger partial charge in [-0.15, -0.1) is 0 Å². The fourth-order valence-corrected chi connectivity index (χ4v) is 3.06. The van der Waals surface area contributed by atoms with Gasteiger partial charge in [0.1, 0.15) is 0 Å². The van der Waals surface area contributed by atoms with Crippen LogP contribution in [0.5, 0.6) is 0 Å². The van der Waals surface area contributed by atoms with Crippen LogP contribution in [0.25, 0.3) is 0 Å². The van der Waals surface area contributed by atoms with Crippen molar-refractivity contribution in [3.8, 4) is 0 Å². The molecule has 2 atom stereocenters. The van der Waals surface area contributed by atoms with Gasteiger partial charge in [0.05, 0.1) is 6.10 Å². The van der Waals surface area contributed by atoms with Crippen molar-refractivity contribution < 1.29 is 9.90 Å². The van der Waals surface area contributed by atoms with Crippen molar-refractivity contribution in [3.05, 3.63) is 29.8 Å². The van der Waals surface area contributed by atoms with Crippen LogP contribution < -0.4 is 10.2 Å². The van der Waals surface area contributed by atoms with E-state index in [0.29, 0.717) is 13.1 Å².